The number of esters is 1. The first-order valence-corrected chi connectivity index (χ1v) is 5.46. The Hall–Kier alpha value is -1.10. The smallest absolute Gasteiger partial charge is 0.329 e. The van der Waals surface area contributed by atoms with Gasteiger partial charge in [0.1, 0.15) is 11.6 Å². The second-order valence-electron chi connectivity index (χ2n) is 4.79. The second kappa shape index (κ2) is 5.84. The van der Waals surface area contributed by atoms with Crippen molar-refractivity contribution in [3.8, 4) is 0 Å². The summed E-state index contributed by atoms with van der Waals surface area (Å²) in [5.74, 6) is -0.776. The molecule has 0 radical (unpaired) electrons. The van der Waals surface area contributed by atoms with Crippen LogP contribution in [0.2, 0.25) is 0 Å². The van der Waals surface area contributed by atoms with Gasteiger partial charge in [0.2, 0.25) is 5.91 Å². The molecule has 0 fully saturated rings. The van der Waals surface area contributed by atoms with Gasteiger partial charge in [-0.25, -0.2) is 4.79 Å². The molecular weight excluding hydrogens is 208 g/mol. The average Bonchev–Trinajstić information content (AvgIpc) is 2.10. The third-order valence-corrected chi connectivity index (χ3v) is 1.83. The normalized spacial score (nSPS) is 15.1. The summed E-state index contributed by atoms with van der Waals surface area (Å²) in [4.78, 5) is 23.0. The molecule has 0 aliphatic carbocycles. The van der Waals surface area contributed by atoms with E-state index in [1.165, 1.54) is 0 Å². The van der Waals surface area contributed by atoms with Crippen molar-refractivity contribution in [2.24, 2.45) is 5.73 Å². The van der Waals surface area contributed by atoms with Gasteiger partial charge in [-0.05, 0) is 34.1 Å². The van der Waals surface area contributed by atoms with Gasteiger partial charge < -0.3 is 15.8 Å². The Labute approximate surface area is 96.7 Å². The maximum atomic E-state index is 11.7. The summed E-state index contributed by atoms with van der Waals surface area (Å²) in [6.07, 6.45) is 0.480. The van der Waals surface area contributed by atoms with E-state index in [1.54, 1.807) is 34.6 Å². The largest absolute Gasteiger partial charge is 0.458 e. The van der Waals surface area contributed by atoms with Crippen LogP contribution in [-0.4, -0.2) is 29.6 Å². The molecule has 16 heavy (non-hydrogen) atoms. The predicted octanol–water partition coefficient (Wildman–Crippen LogP) is 0.570. The maximum Gasteiger partial charge on any atom is 0.329 e. The molecule has 5 nitrogen and oxygen atoms in total. The van der Waals surface area contributed by atoms with Gasteiger partial charge >= 0.3 is 5.97 Å². The van der Waals surface area contributed by atoms with Gasteiger partial charge in [0.25, 0.3) is 0 Å². The van der Waals surface area contributed by atoms with Gasteiger partial charge in [0.15, 0.2) is 0 Å². The van der Waals surface area contributed by atoms with Gasteiger partial charge in [-0.1, -0.05) is 6.92 Å². The van der Waals surface area contributed by atoms with E-state index in [1.807, 2.05) is 0 Å². The molecule has 0 aromatic heterocycles. The van der Waals surface area contributed by atoms with Gasteiger partial charge in [0.05, 0.1) is 6.04 Å². The van der Waals surface area contributed by atoms with Gasteiger partial charge in [0, 0.05) is 0 Å². The number of hydrogen-bond acceptors (Lipinski definition) is 4. The fourth-order valence-electron chi connectivity index (χ4n) is 1.00. The number of carbonyl (C=O) groups is 2. The van der Waals surface area contributed by atoms with Crippen molar-refractivity contribution in [1.82, 2.24) is 5.32 Å². The number of carbonyl (C=O) groups excluding carboxylic acids is 2. The number of rotatable bonds is 4. The number of amides is 1. The first-order chi connectivity index (χ1) is 7.17. The lowest BCUT2D eigenvalue weighted by Gasteiger charge is -2.24. The SMILES string of the molecule is CCC(NC(=O)C(C)N)C(=O)OC(C)(C)C. The average molecular weight is 230 g/mol. The molecule has 2 unspecified atom stereocenters. The second-order valence-corrected chi connectivity index (χ2v) is 4.79. The monoisotopic (exact) mass is 230 g/mol. The minimum atomic E-state index is -0.628. The molecule has 0 aliphatic heterocycles. The van der Waals surface area contributed by atoms with Gasteiger partial charge in [-0.15, -0.1) is 0 Å². The summed E-state index contributed by atoms with van der Waals surface area (Å²) in [6.45, 7) is 8.72. The topological polar surface area (TPSA) is 81.4 Å². The van der Waals surface area contributed by atoms with Crippen molar-refractivity contribution in [1.29, 1.82) is 0 Å². The first-order valence-electron chi connectivity index (χ1n) is 5.46. The molecule has 5 heteroatoms. The molecule has 94 valence electrons. The Kier molecular flexibility index (Phi) is 5.44. The minimum absolute atomic E-state index is 0.349. The number of ether oxygens (including phenoxy) is 1. The third-order valence-electron chi connectivity index (χ3n) is 1.83. The highest BCUT2D eigenvalue weighted by Gasteiger charge is 2.25. The van der Waals surface area contributed by atoms with E-state index >= 15 is 0 Å². The lowest BCUT2D eigenvalue weighted by Crippen LogP contribution is -2.48. The Morgan fingerprint density at radius 3 is 2.19 bits per heavy atom. The van der Waals surface area contributed by atoms with Crippen LogP contribution < -0.4 is 11.1 Å². The van der Waals surface area contributed by atoms with E-state index in [0.717, 1.165) is 0 Å². The van der Waals surface area contributed by atoms with Crippen LogP contribution in [0.5, 0.6) is 0 Å². The quantitative estimate of drug-likeness (QED) is 0.692. The minimum Gasteiger partial charge on any atom is -0.458 e. The zero-order valence-electron chi connectivity index (χ0n) is 10.7. The van der Waals surface area contributed by atoms with Crippen LogP contribution in [0.3, 0.4) is 0 Å². The van der Waals surface area contributed by atoms with E-state index in [-0.39, 0.29) is 5.91 Å². The van der Waals surface area contributed by atoms with E-state index < -0.39 is 23.7 Å². The molecule has 3 N–H and O–H groups in total. The summed E-state index contributed by atoms with van der Waals surface area (Å²) in [5, 5.41) is 2.55. The van der Waals surface area contributed by atoms with Gasteiger partial charge in [-0.3, -0.25) is 4.79 Å². The lowest BCUT2D eigenvalue weighted by molar-refractivity contribution is -0.158. The van der Waals surface area contributed by atoms with Crippen LogP contribution in [0.4, 0.5) is 0 Å². The van der Waals surface area contributed by atoms with Crippen molar-refractivity contribution in [3.05, 3.63) is 0 Å². The van der Waals surface area contributed by atoms with E-state index in [4.69, 9.17) is 10.5 Å². The summed E-state index contributed by atoms with van der Waals surface area (Å²) < 4.78 is 5.18. The molecule has 2 atom stereocenters. The van der Waals surface area contributed by atoms with Crippen molar-refractivity contribution in [3.63, 3.8) is 0 Å². The summed E-state index contributed by atoms with van der Waals surface area (Å²) in [7, 11) is 0. The Morgan fingerprint density at radius 2 is 1.88 bits per heavy atom. The van der Waals surface area contributed by atoms with Crippen LogP contribution >= 0.6 is 0 Å². The molecule has 0 heterocycles. The summed E-state index contributed by atoms with van der Waals surface area (Å²) >= 11 is 0. The fraction of sp³-hybridized carbons (Fsp3) is 0.818. The highest BCUT2D eigenvalue weighted by Crippen LogP contribution is 2.09. The molecule has 0 bridgehead atoms. The number of nitrogens with two attached hydrogens (primary N) is 1. The predicted molar refractivity (Wildman–Crippen MR) is 61.7 cm³/mol. The first kappa shape index (κ1) is 14.9. The van der Waals surface area contributed by atoms with Gasteiger partial charge in [-0.2, -0.15) is 0 Å². The Bertz CT molecular complexity index is 256. The molecule has 0 aliphatic rings. The zero-order valence-corrected chi connectivity index (χ0v) is 10.7. The highest BCUT2D eigenvalue weighted by molar-refractivity contribution is 5.87. The van der Waals surface area contributed by atoms with Crippen molar-refractivity contribution in [2.75, 3.05) is 0 Å². The van der Waals surface area contributed by atoms with Crippen LogP contribution in [0.15, 0.2) is 0 Å². The molecule has 1 amide bonds. The molecule has 0 rings (SSSR count). The third kappa shape index (κ3) is 5.70. The van der Waals surface area contributed by atoms with E-state index in [2.05, 4.69) is 5.32 Å². The molecule has 0 saturated heterocycles. The summed E-state index contributed by atoms with van der Waals surface area (Å²) in [6, 6.07) is -1.26. The van der Waals surface area contributed by atoms with E-state index in [9.17, 15) is 9.59 Å². The van der Waals surface area contributed by atoms with Crippen molar-refractivity contribution >= 4 is 11.9 Å². The number of hydrogen-bond donors (Lipinski definition) is 2. The molecule has 0 aromatic rings. The fourth-order valence-corrected chi connectivity index (χ4v) is 1.00. The zero-order chi connectivity index (χ0) is 12.9. The van der Waals surface area contributed by atoms with Crippen LogP contribution in [0.1, 0.15) is 41.0 Å². The number of nitrogens with one attached hydrogen (secondary N) is 1. The highest BCUT2D eigenvalue weighted by atomic mass is 16.6. The molecule has 0 spiro atoms. The van der Waals surface area contributed by atoms with Crippen LogP contribution in [0, 0.1) is 0 Å². The van der Waals surface area contributed by atoms with Crippen LogP contribution in [-0.2, 0) is 14.3 Å². The van der Waals surface area contributed by atoms with Crippen molar-refractivity contribution < 1.29 is 14.3 Å². The van der Waals surface area contributed by atoms with Crippen LogP contribution in [0.25, 0.3) is 0 Å². The Morgan fingerprint density at radius 1 is 1.38 bits per heavy atom. The molecule has 0 aromatic carbocycles. The van der Waals surface area contributed by atoms with Crippen molar-refractivity contribution in [2.45, 2.75) is 58.7 Å². The van der Waals surface area contributed by atoms with E-state index in [0.29, 0.717) is 6.42 Å². The molecule has 0 saturated carbocycles. The summed E-state index contributed by atoms with van der Waals surface area (Å²) in [5.41, 5.74) is 4.85. The lowest BCUT2D eigenvalue weighted by atomic mass is 10.1. The Balaban J connectivity index is 4.39. The standard InChI is InChI=1S/C11H22N2O3/c1-6-8(13-9(14)7(2)12)10(15)16-11(3,4)5/h7-8H,6,12H2,1-5H3,(H,13,14). The maximum absolute atomic E-state index is 11.7. The molecular formula is C11H22N2O3.